The summed E-state index contributed by atoms with van der Waals surface area (Å²) in [6.07, 6.45) is 1.55. The van der Waals surface area contributed by atoms with Crippen LogP contribution in [-0.2, 0) is 4.79 Å². The van der Waals surface area contributed by atoms with Crippen molar-refractivity contribution < 1.29 is 18.9 Å². The minimum atomic E-state index is -0.600. The number of amidine groups is 1. The fourth-order valence-electron chi connectivity index (χ4n) is 2.83. The van der Waals surface area contributed by atoms with Gasteiger partial charge < -0.3 is 14.5 Å². The minimum absolute atomic E-state index is 0.0691. The number of rotatable bonds is 5. The summed E-state index contributed by atoms with van der Waals surface area (Å²) < 4.78 is 10.9. The predicted octanol–water partition coefficient (Wildman–Crippen LogP) is 6.06. The molecule has 1 aromatic heterocycles. The molecule has 0 aliphatic carbocycles. The molecule has 8 nitrogen and oxygen atoms in total. The lowest BCUT2D eigenvalue weighted by atomic mass is 10.1. The van der Waals surface area contributed by atoms with E-state index >= 15 is 0 Å². The Morgan fingerprint density at radius 2 is 1.91 bits per heavy atom. The van der Waals surface area contributed by atoms with Crippen molar-refractivity contribution in [3.63, 3.8) is 0 Å². The summed E-state index contributed by atoms with van der Waals surface area (Å²) in [5.74, 6) is 1.06. The van der Waals surface area contributed by atoms with Crippen molar-refractivity contribution in [2.24, 2.45) is 4.99 Å². The van der Waals surface area contributed by atoms with Gasteiger partial charge in [0, 0.05) is 17.7 Å². The molecule has 1 fully saturated rings. The predicted molar refractivity (Wildman–Crippen MR) is 125 cm³/mol. The topological polar surface area (TPSA) is 107 Å². The Bertz CT molecular complexity index is 1290. The number of ether oxygens (including phenoxy) is 1. The second kappa shape index (κ2) is 9.07. The van der Waals surface area contributed by atoms with Gasteiger partial charge in [0.05, 0.1) is 27.6 Å². The molecule has 1 saturated heterocycles. The molecule has 162 valence electrons. The van der Waals surface area contributed by atoms with Gasteiger partial charge in [0.2, 0.25) is 0 Å². The van der Waals surface area contributed by atoms with Gasteiger partial charge in [0.25, 0.3) is 11.6 Å². The molecule has 11 heteroatoms. The number of carbonyl (C=O) groups is 1. The summed E-state index contributed by atoms with van der Waals surface area (Å²) in [5, 5.41) is 14.4. The van der Waals surface area contributed by atoms with E-state index in [2.05, 4.69) is 10.3 Å². The smallest absolute Gasteiger partial charge is 0.288 e. The van der Waals surface area contributed by atoms with Crippen molar-refractivity contribution in [3.05, 3.63) is 79.4 Å². The third kappa shape index (κ3) is 4.64. The number of nitro groups is 1. The highest BCUT2D eigenvalue weighted by atomic mass is 35.5. The Morgan fingerprint density at radius 1 is 1.16 bits per heavy atom. The number of carbonyl (C=O) groups excluding carboxylic acids is 1. The van der Waals surface area contributed by atoms with Crippen LogP contribution in [0.4, 0.5) is 11.4 Å². The van der Waals surface area contributed by atoms with Crippen LogP contribution in [0.3, 0.4) is 0 Å². The molecule has 0 spiro atoms. The third-order valence-corrected chi connectivity index (χ3v) is 5.88. The summed E-state index contributed by atoms with van der Waals surface area (Å²) in [7, 11) is 1.58. The number of nitrogens with one attached hydrogen (secondary N) is 1. The van der Waals surface area contributed by atoms with E-state index in [0.29, 0.717) is 38.6 Å². The van der Waals surface area contributed by atoms with Gasteiger partial charge >= 0.3 is 0 Å². The third-order valence-electron chi connectivity index (χ3n) is 4.35. The van der Waals surface area contributed by atoms with E-state index in [-0.39, 0.29) is 21.6 Å². The fraction of sp³-hybridized carbons (Fsp3) is 0.0476. The zero-order valence-electron chi connectivity index (χ0n) is 16.3. The molecular weight excluding hydrogens is 477 g/mol. The first-order chi connectivity index (χ1) is 15.3. The molecule has 1 N–H and O–H groups in total. The zero-order chi connectivity index (χ0) is 22.8. The van der Waals surface area contributed by atoms with E-state index in [4.69, 9.17) is 32.4 Å². The van der Waals surface area contributed by atoms with Crippen molar-refractivity contribution >= 4 is 63.5 Å². The average molecular weight is 490 g/mol. The highest BCUT2D eigenvalue weighted by molar-refractivity contribution is 8.18. The molecule has 2 heterocycles. The molecule has 0 bridgehead atoms. The van der Waals surface area contributed by atoms with Crippen LogP contribution in [-0.4, -0.2) is 23.1 Å². The average Bonchev–Trinajstić information content (AvgIpc) is 3.35. The Morgan fingerprint density at radius 3 is 2.59 bits per heavy atom. The maximum absolute atomic E-state index is 12.3. The summed E-state index contributed by atoms with van der Waals surface area (Å²) >= 11 is 13.2. The van der Waals surface area contributed by atoms with Gasteiger partial charge in [-0.15, -0.1) is 0 Å². The van der Waals surface area contributed by atoms with Gasteiger partial charge in [-0.2, -0.15) is 0 Å². The van der Waals surface area contributed by atoms with Crippen LogP contribution in [0.5, 0.6) is 5.75 Å². The van der Waals surface area contributed by atoms with Crippen LogP contribution in [0.15, 0.2) is 62.8 Å². The number of aliphatic imine (C=N–C) groups is 1. The fourth-order valence-corrected chi connectivity index (χ4v) is 4.19. The summed E-state index contributed by atoms with van der Waals surface area (Å²) in [6, 6.07) is 12.9. The number of amides is 1. The number of thioether (sulfide) groups is 1. The Kier molecular flexibility index (Phi) is 6.22. The highest BCUT2D eigenvalue weighted by Crippen LogP contribution is 2.38. The van der Waals surface area contributed by atoms with E-state index in [9.17, 15) is 14.9 Å². The van der Waals surface area contributed by atoms with Crippen LogP contribution in [0.25, 0.3) is 17.4 Å². The lowest BCUT2D eigenvalue weighted by Crippen LogP contribution is -2.19. The van der Waals surface area contributed by atoms with E-state index in [1.54, 1.807) is 49.6 Å². The van der Waals surface area contributed by atoms with Gasteiger partial charge in [-0.1, -0.05) is 23.2 Å². The van der Waals surface area contributed by atoms with E-state index in [1.807, 2.05) is 0 Å². The lowest BCUT2D eigenvalue weighted by Gasteiger charge is -2.02. The van der Waals surface area contributed by atoms with Gasteiger partial charge in [-0.25, -0.2) is 4.99 Å². The second-order valence-electron chi connectivity index (χ2n) is 6.42. The van der Waals surface area contributed by atoms with Crippen LogP contribution < -0.4 is 10.1 Å². The van der Waals surface area contributed by atoms with E-state index in [1.165, 1.54) is 12.1 Å². The molecule has 3 aromatic rings. The van der Waals surface area contributed by atoms with Crippen LogP contribution >= 0.6 is 35.0 Å². The van der Waals surface area contributed by atoms with E-state index in [0.717, 1.165) is 11.8 Å². The lowest BCUT2D eigenvalue weighted by molar-refractivity contribution is -0.384. The van der Waals surface area contributed by atoms with Crippen LogP contribution in [0, 0.1) is 10.1 Å². The second-order valence-corrected chi connectivity index (χ2v) is 8.27. The monoisotopic (exact) mass is 489 g/mol. The Hall–Kier alpha value is -3.27. The molecule has 2 aromatic carbocycles. The number of benzene rings is 2. The standard InChI is InChI=1S/C21H13Cl2N3O5S/c1-30-12-4-2-11(3-5-12)24-21-25-20(27)19(32-21)8-13-6-7-18(31-13)14-9-17(26(28)29)16(23)10-15(14)22/h2-10H,1H3,(H,24,25,27)/b19-8+. The number of nitrogens with zero attached hydrogens (tertiary/aromatic N) is 2. The molecule has 1 aliphatic heterocycles. The number of furan rings is 1. The largest absolute Gasteiger partial charge is 0.497 e. The number of hydrogen-bond acceptors (Lipinski definition) is 7. The number of halogens is 2. The van der Waals surface area contributed by atoms with Gasteiger partial charge in [0.15, 0.2) is 5.17 Å². The van der Waals surface area contributed by atoms with Crippen molar-refractivity contribution in [2.45, 2.75) is 0 Å². The molecule has 1 amide bonds. The number of methoxy groups -OCH3 is 1. The van der Waals surface area contributed by atoms with Gasteiger partial charge in [-0.3, -0.25) is 14.9 Å². The van der Waals surface area contributed by atoms with Gasteiger partial charge in [-0.05, 0) is 54.2 Å². The summed E-state index contributed by atoms with van der Waals surface area (Å²) in [4.78, 5) is 27.7. The molecule has 0 saturated carbocycles. The maximum atomic E-state index is 12.3. The Balaban J connectivity index is 1.57. The summed E-state index contributed by atoms with van der Waals surface area (Å²) in [5.41, 5.74) is 0.694. The number of hydrogen-bond donors (Lipinski definition) is 1. The van der Waals surface area contributed by atoms with Crippen molar-refractivity contribution in [3.8, 4) is 17.1 Å². The summed E-state index contributed by atoms with van der Waals surface area (Å²) in [6.45, 7) is 0. The molecule has 4 rings (SSSR count). The first kappa shape index (κ1) is 21.9. The van der Waals surface area contributed by atoms with Crippen LogP contribution in [0.2, 0.25) is 10.0 Å². The molecule has 0 radical (unpaired) electrons. The molecule has 1 aliphatic rings. The molecule has 0 unspecified atom stereocenters. The van der Waals surface area contributed by atoms with Crippen molar-refractivity contribution in [1.82, 2.24) is 5.32 Å². The molecule has 32 heavy (non-hydrogen) atoms. The van der Waals surface area contributed by atoms with Crippen LogP contribution in [0.1, 0.15) is 5.76 Å². The normalized spacial score (nSPS) is 15.9. The van der Waals surface area contributed by atoms with Crippen molar-refractivity contribution in [2.75, 3.05) is 7.11 Å². The number of nitro benzene ring substituents is 1. The SMILES string of the molecule is COc1ccc(N=C2NC(=O)/C(=C\c3ccc(-c4cc([N+](=O)[O-])c(Cl)cc4Cl)o3)S2)cc1. The van der Waals surface area contributed by atoms with E-state index < -0.39 is 4.92 Å². The molecule has 0 atom stereocenters. The zero-order valence-corrected chi connectivity index (χ0v) is 18.6. The first-order valence-corrected chi connectivity index (χ1v) is 10.6. The molecular formula is C21H13Cl2N3O5S. The first-order valence-electron chi connectivity index (χ1n) is 9.01. The van der Waals surface area contributed by atoms with Crippen molar-refractivity contribution in [1.29, 1.82) is 0 Å². The minimum Gasteiger partial charge on any atom is -0.497 e. The quantitative estimate of drug-likeness (QED) is 0.265. The van der Waals surface area contributed by atoms with Gasteiger partial charge in [0.1, 0.15) is 22.3 Å². The maximum Gasteiger partial charge on any atom is 0.288 e. The Labute approximate surface area is 196 Å². The highest BCUT2D eigenvalue weighted by Gasteiger charge is 2.25.